The van der Waals surface area contributed by atoms with Crippen LogP contribution in [0.4, 0.5) is 0 Å². The fourth-order valence-electron chi connectivity index (χ4n) is 4.25. The quantitative estimate of drug-likeness (QED) is 0.529. The third-order valence-corrected chi connectivity index (χ3v) is 5.96. The van der Waals surface area contributed by atoms with Gasteiger partial charge < -0.3 is 10.6 Å². The molecule has 0 spiro atoms. The second kappa shape index (κ2) is 11.3. The van der Waals surface area contributed by atoms with E-state index in [0.29, 0.717) is 32.6 Å². The van der Waals surface area contributed by atoms with Gasteiger partial charge in [-0.15, -0.1) is 0 Å². The summed E-state index contributed by atoms with van der Waals surface area (Å²) in [5, 5.41) is 5.85. The van der Waals surface area contributed by atoms with E-state index >= 15 is 0 Å². The number of amides is 2. The first-order valence-corrected chi connectivity index (χ1v) is 11.3. The maximum Gasteiger partial charge on any atom is 0.237 e. The Kier molecular flexibility index (Phi) is 7.76. The van der Waals surface area contributed by atoms with Crippen LogP contribution in [-0.4, -0.2) is 58.9 Å². The number of nitrogens with zero attached hydrogens (tertiary/aromatic N) is 3. The first-order valence-electron chi connectivity index (χ1n) is 11.3. The third-order valence-electron chi connectivity index (χ3n) is 5.96. The van der Waals surface area contributed by atoms with Crippen LogP contribution in [0.2, 0.25) is 0 Å². The maximum atomic E-state index is 12.7. The number of nitrogens with one attached hydrogen (secondary N) is 2. The number of piperazine rings is 1. The Hall–Kier alpha value is -3.58. The smallest absolute Gasteiger partial charge is 0.237 e. The van der Waals surface area contributed by atoms with Gasteiger partial charge in [-0.2, -0.15) is 0 Å². The molecule has 1 atom stereocenters. The van der Waals surface area contributed by atoms with Crippen LogP contribution in [0.1, 0.15) is 29.2 Å². The minimum Gasteiger partial charge on any atom is -0.356 e. The summed E-state index contributed by atoms with van der Waals surface area (Å²) in [7, 11) is 0. The van der Waals surface area contributed by atoms with Crippen molar-refractivity contribution >= 4 is 11.8 Å². The van der Waals surface area contributed by atoms with Crippen LogP contribution in [0.3, 0.4) is 0 Å². The summed E-state index contributed by atoms with van der Waals surface area (Å²) in [4.78, 5) is 35.8. The molecule has 0 saturated carbocycles. The number of carbonyl (C=O) groups is 2. The molecule has 2 amide bonds. The van der Waals surface area contributed by atoms with Crippen molar-refractivity contribution in [2.75, 3.05) is 26.2 Å². The maximum absolute atomic E-state index is 12.7. The molecular formula is C26H29N5O2. The third kappa shape index (κ3) is 6.23. The Morgan fingerprint density at radius 3 is 2.39 bits per heavy atom. The lowest BCUT2D eigenvalue weighted by Crippen LogP contribution is -2.57. The molecule has 4 rings (SSSR count). The van der Waals surface area contributed by atoms with Crippen LogP contribution < -0.4 is 10.6 Å². The van der Waals surface area contributed by atoms with E-state index in [1.165, 1.54) is 11.1 Å². The lowest BCUT2D eigenvalue weighted by Gasteiger charge is -2.37. The first kappa shape index (κ1) is 22.6. The van der Waals surface area contributed by atoms with Crippen molar-refractivity contribution in [2.45, 2.75) is 24.8 Å². The van der Waals surface area contributed by atoms with Crippen molar-refractivity contribution in [2.24, 2.45) is 0 Å². The van der Waals surface area contributed by atoms with Gasteiger partial charge in [-0.3, -0.25) is 24.5 Å². The Morgan fingerprint density at radius 1 is 1.06 bits per heavy atom. The highest BCUT2D eigenvalue weighted by Crippen LogP contribution is 2.27. The lowest BCUT2D eigenvalue weighted by atomic mass is 9.90. The fraction of sp³-hybridized carbons (Fsp3) is 0.308. The highest BCUT2D eigenvalue weighted by molar-refractivity contribution is 5.88. The predicted molar refractivity (Wildman–Crippen MR) is 126 cm³/mol. The van der Waals surface area contributed by atoms with Crippen molar-refractivity contribution < 1.29 is 9.59 Å². The minimum atomic E-state index is -0.495. The van der Waals surface area contributed by atoms with Crippen molar-refractivity contribution in [1.82, 2.24) is 25.5 Å². The minimum absolute atomic E-state index is 0.0924. The summed E-state index contributed by atoms with van der Waals surface area (Å²) in [6.45, 7) is 2.42. The largest absolute Gasteiger partial charge is 0.356 e. The number of carbonyl (C=O) groups excluding carboxylic acids is 2. The van der Waals surface area contributed by atoms with E-state index in [1.807, 2.05) is 36.4 Å². The second-order valence-electron chi connectivity index (χ2n) is 8.18. The molecule has 0 aliphatic carbocycles. The molecule has 170 valence electrons. The lowest BCUT2D eigenvalue weighted by molar-refractivity contribution is -0.134. The van der Waals surface area contributed by atoms with E-state index in [-0.39, 0.29) is 24.2 Å². The molecule has 33 heavy (non-hydrogen) atoms. The molecule has 1 aliphatic rings. The molecular weight excluding hydrogens is 414 g/mol. The molecule has 7 nitrogen and oxygen atoms in total. The zero-order chi connectivity index (χ0) is 22.9. The van der Waals surface area contributed by atoms with Gasteiger partial charge in [-0.05, 0) is 11.1 Å². The van der Waals surface area contributed by atoms with Crippen LogP contribution in [0.5, 0.6) is 0 Å². The summed E-state index contributed by atoms with van der Waals surface area (Å²) in [5.74, 6) is -0.118. The number of benzene rings is 2. The van der Waals surface area contributed by atoms with Gasteiger partial charge in [0, 0.05) is 57.1 Å². The first-order chi connectivity index (χ1) is 16.2. The molecule has 1 saturated heterocycles. The molecule has 0 bridgehead atoms. The van der Waals surface area contributed by atoms with Gasteiger partial charge >= 0.3 is 0 Å². The molecule has 2 aromatic carbocycles. The normalized spacial score (nSPS) is 16.4. The van der Waals surface area contributed by atoms with Crippen molar-refractivity contribution in [3.8, 4) is 0 Å². The van der Waals surface area contributed by atoms with Gasteiger partial charge in [0.1, 0.15) is 0 Å². The summed E-state index contributed by atoms with van der Waals surface area (Å²) in [5.41, 5.74) is 3.21. The van der Waals surface area contributed by atoms with E-state index in [2.05, 4.69) is 49.8 Å². The molecule has 2 N–H and O–H groups in total. The molecule has 7 heteroatoms. The van der Waals surface area contributed by atoms with Crippen molar-refractivity contribution in [1.29, 1.82) is 0 Å². The van der Waals surface area contributed by atoms with Crippen LogP contribution in [0.25, 0.3) is 0 Å². The molecule has 0 radical (unpaired) electrons. The monoisotopic (exact) mass is 443 g/mol. The van der Waals surface area contributed by atoms with Gasteiger partial charge in [0.2, 0.25) is 11.8 Å². The summed E-state index contributed by atoms with van der Waals surface area (Å²) in [6.07, 6.45) is 5.68. The number of rotatable bonds is 9. The van der Waals surface area contributed by atoms with E-state index in [1.54, 1.807) is 18.6 Å². The SMILES string of the molecule is O=C(CC1C(=O)NCCN1CC(c1ccccc1)c1ccccc1)NCCc1cnccn1. The summed E-state index contributed by atoms with van der Waals surface area (Å²) >= 11 is 0. The Balaban J connectivity index is 1.43. The standard InChI is InChI=1S/C26H29N5O2/c32-25(29-12-11-22-18-27-13-14-28-22)17-24-26(33)30-15-16-31(24)19-23(20-7-3-1-4-8-20)21-9-5-2-6-10-21/h1-10,13-14,18,23-24H,11-12,15-17,19H2,(H,29,32)(H,30,33). The van der Waals surface area contributed by atoms with Crippen LogP contribution >= 0.6 is 0 Å². The average Bonchev–Trinajstić information content (AvgIpc) is 2.86. The van der Waals surface area contributed by atoms with E-state index in [0.717, 1.165) is 5.69 Å². The van der Waals surface area contributed by atoms with Crippen molar-refractivity contribution in [3.05, 3.63) is 96.1 Å². The summed E-state index contributed by atoms with van der Waals surface area (Å²) in [6, 6.07) is 20.2. The molecule has 1 unspecified atom stereocenters. The van der Waals surface area contributed by atoms with Gasteiger partial charge in [0.05, 0.1) is 18.2 Å². The fourth-order valence-corrected chi connectivity index (χ4v) is 4.25. The summed E-state index contributed by atoms with van der Waals surface area (Å²) < 4.78 is 0. The van der Waals surface area contributed by atoms with Gasteiger partial charge in [-0.25, -0.2) is 0 Å². The van der Waals surface area contributed by atoms with Crippen LogP contribution in [0, 0.1) is 0 Å². The molecule has 3 aromatic rings. The molecule has 1 aliphatic heterocycles. The Bertz CT molecular complexity index is 991. The van der Waals surface area contributed by atoms with E-state index in [4.69, 9.17) is 0 Å². The highest BCUT2D eigenvalue weighted by Gasteiger charge is 2.33. The Morgan fingerprint density at radius 2 is 1.76 bits per heavy atom. The molecule has 1 fully saturated rings. The molecule has 2 heterocycles. The van der Waals surface area contributed by atoms with Crippen molar-refractivity contribution in [3.63, 3.8) is 0 Å². The van der Waals surface area contributed by atoms with E-state index in [9.17, 15) is 9.59 Å². The second-order valence-corrected chi connectivity index (χ2v) is 8.18. The number of hydrogen-bond donors (Lipinski definition) is 2. The predicted octanol–water partition coefficient (Wildman–Crippen LogP) is 2.16. The van der Waals surface area contributed by atoms with Gasteiger partial charge in [0.25, 0.3) is 0 Å². The van der Waals surface area contributed by atoms with Gasteiger partial charge in [-0.1, -0.05) is 60.7 Å². The Labute approximate surface area is 194 Å². The number of aromatic nitrogens is 2. The van der Waals surface area contributed by atoms with Crippen LogP contribution in [-0.2, 0) is 16.0 Å². The zero-order valence-electron chi connectivity index (χ0n) is 18.6. The van der Waals surface area contributed by atoms with Crippen LogP contribution in [0.15, 0.2) is 79.3 Å². The highest BCUT2D eigenvalue weighted by atomic mass is 16.2. The number of hydrogen-bond acceptors (Lipinski definition) is 5. The zero-order valence-corrected chi connectivity index (χ0v) is 18.6. The topological polar surface area (TPSA) is 87.2 Å². The average molecular weight is 444 g/mol. The van der Waals surface area contributed by atoms with E-state index < -0.39 is 6.04 Å². The van der Waals surface area contributed by atoms with Gasteiger partial charge in [0.15, 0.2) is 0 Å². The molecule has 1 aromatic heterocycles.